The number of rotatable bonds is 7. The van der Waals surface area contributed by atoms with Gasteiger partial charge in [0, 0.05) is 19.2 Å². The van der Waals surface area contributed by atoms with Gasteiger partial charge in [-0.3, -0.25) is 4.79 Å². The lowest BCUT2D eigenvalue weighted by molar-refractivity contribution is -0.122. The highest BCUT2D eigenvalue weighted by atomic mass is 32.1. The van der Waals surface area contributed by atoms with Crippen LogP contribution in [0.3, 0.4) is 0 Å². The number of carbonyl (C=O) groups is 1. The van der Waals surface area contributed by atoms with E-state index in [2.05, 4.69) is 14.1 Å². The molecule has 2 aromatic rings. The summed E-state index contributed by atoms with van der Waals surface area (Å²) in [5.41, 5.74) is 0.502. The fourth-order valence-corrected chi connectivity index (χ4v) is 3.10. The Morgan fingerprint density at radius 3 is 2.74 bits per heavy atom. The van der Waals surface area contributed by atoms with E-state index in [4.69, 9.17) is 18.9 Å². The highest BCUT2D eigenvalue weighted by molar-refractivity contribution is 6.99. The van der Waals surface area contributed by atoms with Crippen LogP contribution >= 0.6 is 11.7 Å². The van der Waals surface area contributed by atoms with Gasteiger partial charge in [0.1, 0.15) is 11.5 Å². The second-order valence-corrected chi connectivity index (χ2v) is 6.34. The minimum Gasteiger partial charge on any atom is -0.497 e. The molecule has 1 unspecified atom stereocenters. The van der Waals surface area contributed by atoms with Crippen LogP contribution < -0.4 is 24.4 Å². The molecule has 1 atom stereocenters. The maximum absolute atomic E-state index is 12.6. The Hall–Kier alpha value is -2.59. The Morgan fingerprint density at radius 1 is 1.26 bits per heavy atom. The lowest BCUT2D eigenvalue weighted by atomic mass is 10.2. The Morgan fingerprint density at radius 2 is 2.04 bits per heavy atom. The van der Waals surface area contributed by atoms with Gasteiger partial charge >= 0.3 is 0 Å². The number of benzene rings is 1. The van der Waals surface area contributed by atoms with Gasteiger partial charge in [-0.25, -0.2) is 0 Å². The zero-order valence-corrected chi connectivity index (χ0v) is 16.2. The Labute approximate surface area is 161 Å². The van der Waals surface area contributed by atoms with Gasteiger partial charge in [0.25, 0.3) is 11.8 Å². The number of carbonyl (C=O) groups excluding carboxylic acids is 1. The van der Waals surface area contributed by atoms with E-state index < -0.39 is 6.10 Å². The molecular weight excluding hydrogens is 372 g/mol. The average Bonchev–Trinajstić information content (AvgIpc) is 3.16. The molecule has 0 aliphatic carbocycles. The lowest BCUT2D eigenvalue weighted by Gasteiger charge is -2.27. The first-order chi connectivity index (χ1) is 13.1. The number of hydrogen-bond donors (Lipinski definition) is 1. The molecule has 1 aromatic carbocycles. The first kappa shape index (κ1) is 19.2. The van der Waals surface area contributed by atoms with Crippen LogP contribution in [0.25, 0.3) is 0 Å². The molecule has 1 saturated heterocycles. The molecule has 1 aromatic heterocycles. The highest BCUT2D eigenvalue weighted by Gasteiger charge is 2.24. The fraction of sp³-hybridized carbons (Fsp3) is 0.471. The van der Waals surface area contributed by atoms with Gasteiger partial charge in [-0.1, -0.05) is 0 Å². The van der Waals surface area contributed by atoms with Crippen LogP contribution in [0.4, 0.5) is 11.5 Å². The van der Waals surface area contributed by atoms with Crippen LogP contribution in [0.5, 0.6) is 17.4 Å². The van der Waals surface area contributed by atoms with Gasteiger partial charge in [0.2, 0.25) is 5.82 Å². The van der Waals surface area contributed by atoms with E-state index in [1.807, 2.05) is 4.90 Å². The van der Waals surface area contributed by atoms with E-state index in [1.165, 1.54) is 7.11 Å². The van der Waals surface area contributed by atoms with Crippen LogP contribution in [-0.2, 0) is 9.53 Å². The van der Waals surface area contributed by atoms with Crippen molar-refractivity contribution in [3.05, 3.63) is 18.2 Å². The molecule has 1 aliphatic heterocycles. The van der Waals surface area contributed by atoms with Gasteiger partial charge in [-0.2, -0.15) is 4.37 Å². The van der Waals surface area contributed by atoms with Crippen molar-refractivity contribution in [2.24, 2.45) is 0 Å². The molecule has 1 N–H and O–H groups in total. The fourth-order valence-electron chi connectivity index (χ4n) is 2.59. The first-order valence-corrected chi connectivity index (χ1v) is 9.20. The predicted octanol–water partition coefficient (Wildman–Crippen LogP) is 1.80. The van der Waals surface area contributed by atoms with E-state index in [0.717, 1.165) is 11.7 Å². The number of amides is 1. The van der Waals surface area contributed by atoms with Crippen molar-refractivity contribution in [3.63, 3.8) is 0 Å². The Kier molecular flexibility index (Phi) is 6.30. The topological polar surface area (TPSA) is 95.0 Å². The van der Waals surface area contributed by atoms with Crippen molar-refractivity contribution in [2.45, 2.75) is 13.0 Å². The maximum Gasteiger partial charge on any atom is 0.271 e. The summed E-state index contributed by atoms with van der Waals surface area (Å²) in [5.74, 6) is 1.80. The average molecular weight is 394 g/mol. The molecule has 0 spiro atoms. The summed E-state index contributed by atoms with van der Waals surface area (Å²) in [4.78, 5) is 14.6. The van der Waals surface area contributed by atoms with Gasteiger partial charge in [0.05, 0.1) is 44.8 Å². The van der Waals surface area contributed by atoms with Crippen molar-refractivity contribution in [2.75, 3.05) is 50.7 Å². The van der Waals surface area contributed by atoms with Gasteiger partial charge < -0.3 is 29.2 Å². The zero-order valence-electron chi connectivity index (χ0n) is 15.4. The van der Waals surface area contributed by atoms with Crippen molar-refractivity contribution < 1.29 is 23.7 Å². The van der Waals surface area contributed by atoms with E-state index in [-0.39, 0.29) is 5.91 Å². The minimum absolute atomic E-state index is 0.331. The van der Waals surface area contributed by atoms with Crippen LogP contribution in [0.2, 0.25) is 0 Å². The molecule has 0 radical (unpaired) electrons. The summed E-state index contributed by atoms with van der Waals surface area (Å²) in [6.45, 7) is 4.34. The summed E-state index contributed by atoms with van der Waals surface area (Å²) in [5, 5.41) is 2.80. The molecule has 3 rings (SSSR count). The van der Waals surface area contributed by atoms with Crippen LogP contribution in [0.1, 0.15) is 6.92 Å². The predicted molar refractivity (Wildman–Crippen MR) is 101 cm³/mol. The summed E-state index contributed by atoms with van der Waals surface area (Å²) < 4.78 is 30.1. The Bertz CT molecular complexity index is 778. The molecule has 146 valence electrons. The SMILES string of the molecule is COc1ccc(OC)c(NC(=O)C(C)Oc2nsnc2N2CCOCC2)c1. The molecule has 27 heavy (non-hydrogen) atoms. The van der Waals surface area contributed by atoms with Gasteiger partial charge in [0.15, 0.2) is 6.10 Å². The first-order valence-electron chi connectivity index (χ1n) is 8.47. The van der Waals surface area contributed by atoms with E-state index in [1.54, 1.807) is 32.2 Å². The third-order valence-electron chi connectivity index (χ3n) is 4.08. The summed E-state index contributed by atoms with van der Waals surface area (Å²) in [7, 11) is 3.09. The lowest BCUT2D eigenvalue weighted by Crippen LogP contribution is -2.37. The molecule has 1 aliphatic rings. The summed E-state index contributed by atoms with van der Waals surface area (Å²) in [6.07, 6.45) is -0.774. The molecule has 0 saturated carbocycles. The second-order valence-electron chi connectivity index (χ2n) is 5.81. The van der Waals surface area contributed by atoms with Crippen molar-refractivity contribution in [1.29, 1.82) is 0 Å². The number of methoxy groups -OCH3 is 2. The molecule has 2 heterocycles. The van der Waals surface area contributed by atoms with E-state index in [9.17, 15) is 4.79 Å². The molecular formula is C17H22N4O5S. The number of hydrogen-bond acceptors (Lipinski definition) is 9. The van der Waals surface area contributed by atoms with E-state index >= 15 is 0 Å². The smallest absolute Gasteiger partial charge is 0.271 e. The van der Waals surface area contributed by atoms with Crippen molar-refractivity contribution >= 4 is 29.1 Å². The second kappa shape index (κ2) is 8.87. The number of morpholine rings is 1. The molecule has 1 fully saturated rings. The van der Waals surface area contributed by atoms with E-state index in [0.29, 0.717) is 55.2 Å². The third-order valence-corrected chi connectivity index (χ3v) is 4.58. The third kappa shape index (κ3) is 4.58. The monoisotopic (exact) mass is 394 g/mol. The summed E-state index contributed by atoms with van der Waals surface area (Å²) >= 11 is 1.05. The van der Waals surface area contributed by atoms with Crippen LogP contribution in [0, 0.1) is 0 Å². The van der Waals surface area contributed by atoms with Gasteiger partial charge in [-0.05, 0) is 19.1 Å². The number of aromatic nitrogens is 2. The summed E-state index contributed by atoms with van der Waals surface area (Å²) in [6, 6.07) is 5.16. The standard InChI is InChI=1S/C17H22N4O5S/c1-11(16(22)18-13-10-12(23-2)4-5-14(13)24-3)26-17-15(19-27-20-17)21-6-8-25-9-7-21/h4-5,10-11H,6-9H2,1-3H3,(H,18,22). The minimum atomic E-state index is -0.774. The number of ether oxygens (including phenoxy) is 4. The molecule has 0 bridgehead atoms. The quantitative estimate of drug-likeness (QED) is 0.760. The van der Waals surface area contributed by atoms with Crippen molar-refractivity contribution in [3.8, 4) is 17.4 Å². The normalized spacial score (nSPS) is 15.1. The number of nitrogens with one attached hydrogen (secondary N) is 1. The number of nitrogens with zero attached hydrogens (tertiary/aromatic N) is 3. The zero-order chi connectivity index (χ0) is 19.2. The molecule has 1 amide bonds. The number of anilines is 2. The molecule has 9 nitrogen and oxygen atoms in total. The van der Waals surface area contributed by atoms with Crippen LogP contribution in [-0.4, -0.2) is 61.3 Å². The van der Waals surface area contributed by atoms with Crippen molar-refractivity contribution in [1.82, 2.24) is 8.75 Å². The molecule has 10 heteroatoms. The largest absolute Gasteiger partial charge is 0.497 e. The Balaban J connectivity index is 1.68. The van der Waals surface area contributed by atoms with Crippen LogP contribution in [0.15, 0.2) is 18.2 Å². The van der Waals surface area contributed by atoms with Gasteiger partial charge in [-0.15, -0.1) is 4.37 Å². The maximum atomic E-state index is 12.6. The highest BCUT2D eigenvalue weighted by Crippen LogP contribution is 2.30.